The van der Waals surface area contributed by atoms with E-state index in [9.17, 15) is 9.59 Å². The van der Waals surface area contributed by atoms with Gasteiger partial charge in [-0.3, -0.25) is 14.6 Å². The molecule has 1 aliphatic carbocycles. The molecule has 28 heavy (non-hydrogen) atoms. The molecule has 0 unspecified atom stereocenters. The van der Waals surface area contributed by atoms with Crippen molar-refractivity contribution in [1.29, 1.82) is 0 Å². The van der Waals surface area contributed by atoms with Gasteiger partial charge in [-0.15, -0.1) is 0 Å². The number of halogens is 1. The second-order valence-corrected chi connectivity index (χ2v) is 7.29. The van der Waals surface area contributed by atoms with E-state index < -0.39 is 0 Å². The van der Waals surface area contributed by atoms with Crippen LogP contribution in [0.3, 0.4) is 0 Å². The van der Waals surface area contributed by atoms with Crippen LogP contribution in [0.5, 0.6) is 0 Å². The van der Waals surface area contributed by atoms with Gasteiger partial charge < -0.3 is 10.6 Å². The van der Waals surface area contributed by atoms with Crippen LogP contribution in [0.4, 0.5) is 0 Å². The number of carbonyl (C=O) groups excluding carboxylic acids is 2. The van der Waals surface area contributed by atoms with Crippen molar-refractivity contribution in [1.82, 2.24) is 15.6 Å². The molecule has 2 aromatic rings. The minimum atomic E-state index is -0.322. The van der Waals surface area contributed by atoms with Gasteiger partial charge in [-0.1, -0.05) is 35.4 Å². The van der Waals surface area contributed by atoms with Crippen molar-refractivity contribution < 1.29 is 9.59 Å². The maximum absolute atomic E-state index is 12.4. The zero-order valence-electron chi connectivity index (χ0n) is 15.7. The third-order valence-corrected chi connectivity index (χ3v) is 4.99. The lowest BCUT2D eigenvalue weighted by Crippen LogP contribution is -2.27. The third kappa shape index (κ3) is 5.92. The van der Waals surface area contributed by atoms with Gasteiger partial charge in [0.2, 0.25) is 0 Å². The summed E-state index contributed by atoms with van der Waals surface area (Å²) in [5.41, 5.74) is 3.01. The van der Waals surface area contributed by atoms with E-state index in [2.05, 4.69) is 21.7 Å². The molecule has 146 valence electrons. The van der Waals surface area contributed by atoms with Crippen LogP contribution in [0, 0.1) is 0 Å². The minimum absolute atomic E-state index is 0.189. The number of allylic oxidation sites excluding steroid dienone is 1. The highest BCUT2D eigenvalue weighted by Crippen LogP contribution is 2.19. The number of rotatable bonds is 7. The summed E-state index contributed by atoms with van der Waals surface area (Å²) in [6.45, 7) is 0.967. The quantitative estimate of drug-likeness (QED) is 0.685. The lowest BCUT2D eigenvalue weighted by Gasteiger charge is -2.13. The first kappa shape index (κ1) is 20.1. The summed E-state index contributed by atoms with van der Waals surface area (Å²) in [5.74, 6) is -0.512. The fourth-order valence-corrected chi connectivity index (χ4v) is 3.27. The van der Waals surface area contributed by atoms with Gasteiger partial charge in [-0.2, -0.15) is 0 Å². The van der Waals surface area contributed by atoms with E-state index in [4.69, 9.17) is 11.6 Å². The van der Waals surface area contributed by atoms with Crippen molar-refractivity contribution >= 4 is 23.4 Å². The summed E-state index contributed by atoms with van der Waals surface area (Å²) >= 11 is 5.86. The Labute approximate surface area is 170 Å². The molecule has 0 spiro atoms. The lowest BCUT2D eigenvalue weighted by molar-refractivity contribution is 0.0946. The number of carbonyl (C=O) groups is 2. The van der Waals surface area contributed by atoms with E-state index in [1.165, 1.54) is 30.7 Å². The largest absolute Gasteiger partial charge is 0.352 e. The summed E-state index contributed by atoms with van der Waals surface area (Å²) in [6.07, 6.45) is 9.41. The van der Waals surface area contributed by atoms with Crippen LogP contribution in [0.15, 0.2) is 54.2 Å². The molecule has 1 aliphatic rings. The molecule has 1 aromatic heterocycles. The van der Waals surface area contributed by atoms with E-state index in [0.29, 0.717) is 23.7 Å². The highest BCUT2D eigenvalue weighted by atomic mass is 35.5. The number of nitrogens with zero attached hydrogens (tertiary/aromatic N) is 1. The summed E-state index contributed by atoms with van der Waals surface area (Å²) in [4.78, 5) is 28.8. The number of hydrogen-bond donors (Lipinski definition) is 2. The average Bonchev–Trinajstić information content (AvgIpc) is 2.74. The van der Waals surface area contributed by atoms with Crippen LogP contribution < -0.4 is 10.6 Å². The molecular formula is C22H24ClN3O2. The zero-order chi connectivity index (χ0) is 19.8. The Bertz CT molecular complexity index is 862. The number of benzene rings is 1. The Hall–Kier alpha value is -2.66. The normalized spacial score (nSPS) is 13.5. The molecule has 1 heterocycles. The van der Waals surface area contributed by atoms with E-state index in [0.717, 1.165) is 24.8 Å². The summed E-state index contributed by atoms with van der Waals surface area (Å²) in [7, 11) is 0. The van der Waals surface area contributed by atoms with Gasteiger partial charge in [0.1, 0.15) is 5.69 Å². The Kier molecular flexibility index (Phi) is 7.20. The number of nitrogens with one attached hydrogen (secondary N) is 2. The number of hydrogen-bond acceptors (Lipinski definition) is 3. The standard InChI is InChI=1S/C22H24ClN3O2/c23-19-8-6-17(7-9-19)15-26-22(28)20-14-18(11-13-24-20)21(27)25-12-10-16-4-2-1-3-5-16/h4,6-9,11,13-14H,1-3,5,10,12,15H2,(H,25,27)(H,26,28). The van der Waals surface area contributed by atoms with Gasteiger partial charge in [0.05, 0.1) is 0 Å². The zero-order valence-corrected chi connectivity index (χ0v) is 16.5. The number of aromatic nitrogens is 1. The molecule has 0 atom stereocenters. The summed E-state index contributed by atoms with van der Waals surface area (Å²) in [5, 5.41) is 6.38. The van der Waals surface area contributed by atoms with Crippen molar-refractivity contribution in [2.75, 3.05) is 6.54 Å². The van der Waals surface area contributed by atoms with Crippen molar-refractivity contribution in [3.05, 3.63) is 76.1 Å². The van der Waals surface area contributed by atoms with Crippen LogP contribution in [-0.2, 0) is 6.54 Å². The highest BCUT2D eigenvalue weighted by molar-refractivity contribution is 6.30. The maximum atomic E-state index is 12.4. The van der Waals surface area contributed by atoms with E-state index in [-0.39, 0.29) is 17.5 Å². The molecule has 3 rings (SSSR count). The maximum Gasteiger partial charge on any atom is 0.270 e. The van der Waals surface area contributed by atoms with E-state index >= 15 is 0 Å². The smallest absolute Gasteiger partial charge is 0.270 e. The van der Waals surface area contributed by atoms with Crippen molar-refractivity contribution in [3.8, 4) is 0 Å². The molecule has 0 radical (unpaired) electrons. The first-order chi connectivity index (χ1) is 13.6. The molecule has 5 nitrogen and oxygen atoms in total. The molecule has 2 amide bonds. The molecule has 0 saturated carbocycles. The molecule has 2 N–H and O–H groups in total. The van der Waals surface area contributed by atoms with Gasteiger partial charge >= 0.3 is 0 Å². The van der Waals surface area contributed by atoms with Crippen LogP contribution in [-0.4, -0.2) is 23.3 Å². The lowest BCUT2D eigenvalue weighted by atomic mass is 9.97. The number of pyridine rings is 1. The predicted octanol–water partition coefficient (Wildman–Crippen LogP) is 4.29. The fraction of sp³-hybridized carbons (Fsp3) is 0.318. The Morgan fingerprint density at radius 1 is 1.04 bits per heavy atom. The Morgan fingerprint density at radius 2 is 1.86 bits per heavy atom. The van der Waals surface area contributed by atoms with Crippen LogP contribution in [0.1, 0.15) is 58.5 Å². The van der Waals surface area contributed by atoms with Gasteiger partial charge in [0, 0.05) is 29.9 Å². The van der Waals surface area contributed by atoms with Crippen LogP contribution in [0.2, 0.25) is 5.02 Å². The number of amides is 2. The van der Waals surface area contributed by atoms with Gasteiger partial charge in [-0.25, -0.2) is 0 Å². The second kappa shape index (κ2) is 10.0. The SMILES string of the molecule is O=C(NCCC1=CCCCC1)c1ccnc(C(=O)NCc2ccc(Cl)cc2)c1. The van der Waals surface area contributed by atoms with Crippen LogP contribution >= 0.6 is 11.6 Å². The van der Waals surface area contributed by atoms with Crippen LogP contribution in [0.25, 0.3) is 0 Å². The third-order valence-electron chi connectivity index (χ3n) is 4.74. The van der Waals surface area contributed by atoms with Gasteiger partial charge in [0.15, 0.2) is 0 Å². The summed E-state index contributed by atoms with van der Waals surface area (Å²) < 4.78 is 0. The first-order valence-electron chi connectivity index (χ1n) is 9.56. The second-order valence-electron chi connectivity index (χ2n) is 6.85. The molecule has 0 fully saturated rings. The Morgan fingerprint density at radius 3 is 2.61 bits per heavy atom. The van der Waals surface area contributed by atoms with E-state index in [1.807, 2.05) is 12.1 Å². The van der Waals surface area contributed by atoms with Crippen molar-refractivity contribution in [2.45, 2.75) is 38.6 Å². The molecule has 6 heteroatoms. The average molecular weight is 398 g/mol. The minimum Gasteiger partial charge on any atom is -0.352 e. The fourth-order valence-electron chi connectivity index (χ4n) is 3.14. The monoisotopic (exact) mass is 397 g/mol. The molecule has 0 aliphatic heterocycles. The summed E-state index contributed by atoms with van der Waals surface area (Å²) in [6, 6.07) is 10.4. The van der Waals surface area contributed by atoms with E-state index in [1.54, 1.807) is 18.2 Å². The van der Waals surface area contributed by atoms with Crippen molar-refractivity contribution in [2.24, 2.45) is 0 Å². The molecule has 0 bridgehead atoms. The first-order valence-corrected chi connectivity index (χ1v) is 9.94. The van der Waals surface area contributed by atoms with Crippen molar-refractivity contribution in [3.63, 3.8) is 0 Å². The predicted molar refractivity (Wildman–Crippen MR) is 110 cm³/mol. The topological polar surface area (TPSA) is 71.1 Å². The van der Waals surface area contributed by atoms with Gasteiger partial charge in [-0.05, 0) is 61.9 Å². The highest BCUT2D eigenvalue weighted by Gasteiger charge is 2.12. The molecular weight excluding hydrogens is 374 g/mol. The molecule has 1 aromatic carbocycles. The van der Waals surface area contributed by atoms with Gasteiger partial charge in [0.25, 0.3) is 11.8 Å². The molecule has 0 saturated heterocycles. The Balaban J connectivity index is 1.51.